The average molecular weight is 363 g/mol. The van der Waals surface area contributed by atoms with Gasteiger partial charge < -0.3 is 10.2 Å². The van der Waals surface area contributed by atoms with Crippen LogP contribution in [0.3, 0.4) is 0 Å². The van der Waals surface area contributed by atoms with Crippen LogP contribution in [0, 0.1) is 40.4 Å². The first-order valence-electron chi connectivity index (χ1n) is 11.3. The fraction of sp³-hybridized carbons (Fsp3) is 0.957. The van der Waals surface area contributed by atoms with E-state index in [-0.39, 0.29) is 17.9 Å². The highest BCUT2D eigenvalue weighted by atomic mass is 16.4. The topological polar surface area (TPSA) is 57.5 Å². The number of hydrogen-bond donors (Lipinski definition) is 2. The summed E-state index contributed by atoms with van der Waals surface area (Å²) >= 11 is 0. The van der Waals surface area contributed by atoms with Gasteiger partial charge in [-0.1, -0.05) is 26.7 Å². The number of aliphatic hydroxyl groups is 1. The Hall–Kier alpha value is -0.570. The number of carboxylic acid groups (broad SMARTS) is 1. The molecule has 0 heterocycles. The van der Waals surface area contributed by atoms with Gasteiger partial charge in [-0.15, -0.1) is 0 Å². The third-order valence-electron chi connectivity index (χ3n) is 9.82. The summed E-state index contributed by atoms with van der Waals surface area (Å²) in [5, 5.41) is 20.3. The van der Waals surface area contributed by atoms with E-state index in [9.17, 15) is 9.90 Å². The largest absolute Gasteiger partial charge is 0.481 e. The standard InChI is InChI=1S/C23H38O3/c1-22-13-4-3-6-15(22)9-11-17-18-12-10-16(7-5-8-21(25)26)23(18,2)20(24)14-19(17)22/h15-20,24H,3-14H2,1-2H3,(H,25,26)/t15?,16?,17?,18-,19?,20-,22?,23?/m0/s1. The molecule has 0 spiro atoms. The number of rotatable bonds is 4. The van der Waals surface area contributed by atoms with Crippen LogP contribution in [0.1, 0.15) is 90.9 Å². The first kappa shape index (κ1) is 18.8. The monoisotopic (exact) mass is 362 g/mol. The van der Waals surface area contributed by atoms with Gasteiger partial charge >= 0.3 is 5.97 Å². The molecule has 3 nitrogen and oxygen atoms in total. The van der Waals surface area contributed by atoms with Gasteiger partial charge in [0.05, 0.1) is 6.10 Å². The van der Waals surface area contributed by atoms with Crippen LogP contribution < -0.4 is 0 Å². The molecule has 148 valence electrons. The Kier molecular flexibility index (Phi) is 4.91. The Bertz CT molecular complexity index is 546. The van der Waals surface area contributed by atoms with Crippen LogP contribution in [-0.4, -0.2) is 22.3 Å². The van der Waals surface area contributed by atoms with Crippen molar-refractivity contribution in [3.8, 4) is 0 Å². The van der Waals surface area contributed by atoms with Gasteiger partial charge in [-0.3, -0.25) is 4.79 Å². The zero-order valence-electron chi connectivity index (χ0n) is 16.8. The highest BCUT2D eigenvalue weighted by molar-refractivity contribution is 5.66. The third kappa shape index (κ3) is 2.75. The van der Waals surface area contributed by atoms with Gasteiger partial charge in [0.15, 0.2) is 0 Å². The van der Waals surface area contributed by atoms with Crippen LogP contribution in [-0.2, 0) is 4.79 Å². The van der Waals surface area contributed by atoms with Crippen LogP contribution in [0.5, 0.6) is 0 Å². The molecule has 0 bridgehead atoms. The van der Waals surface area contributed by atoms with Crippen LogP contribution in [0.15, 0.2) is 0 Å². The minimum Gasteiger partial charge on any atom is -0.481 e. The van der Waals surface area contributed by atoms with Crippen molar-refractivity contribution < 1.29 is 15.0 Å². The zero-order chi connectivity index (χ0) is 18.5. The van der Waals surface area contributed by atoms with Gasteiger partial charge in [0.2, 0.25) is 0 Å². The number of carboxylic acids is 1. The van der Waals surface area contributed by atoms with Crippen LogP contribution in [0.25, 0.3) is 0 Å². The lowest BCUT2D eigenvalue weighted by molar-refractivity contribution is -0.164. The summed E-state index contributed by atoms with van der Waals surface area (Å²) < 4.78 is 0. The lowest BCUT2D eigenvalue weighted by Gasteiger charge is -2.62. The van der Waals surface area contributed by atoms with E-state index in [4.69, 9.17) is 5.11 Å². The van der Waals surface area contributed by atoms with Gasteiger partial charge in [-0.2, -0.15) is 0 Å². The van der Waals surface area contributed by atoms with E-state index < -0.39 is 5.97 Å². The molecule has 26 heavy (non-hydrogen) atoms. The summed E-state index contributed by atoms with van der Waals surface area (Å²) in [5.41, 5.74) is 0.488. The maximum absolute atomic E-state index is 11.3. The first-order valence-corrected chi connectivity index (χ1v) is 11.3. The summed E-state index contributed by atoms with van der Waals surface area (Å²) in [7, 11) is 0. The molecule has 0 aromatic heterocycles. The molecule has 0 aromatic rings. The van der Waals surface area contributed by atoms with Crippen molar-refractivity contribution in [2.75, 3.05) is 0 Å². The van der Waals surface area contributed by atoms with Gasteiger partial charge in [0.1, 0.15) is 0 Å². The van der Waals surface area contributed by atoms with Gasteiger partial charge in [0.25, 0.3) is 0 Å². The van der Waals surface area contributed by atoms with Crippen molar-refractivity contribution in [1.29, 1.82) is 0 Å². The minimum absolute atomic E-state index is 0.0253. The highest BCUT2D eigenvalue weighted by Crippen LogP contribution is 2.67. The molecule has 4 saturated carbocycles. The number of hydrogen-bond acceptors (Lipinski definition) is 2. The number of aliphatic carboxylic acids is 1. The molecule has 4 aliphatic carbocycles. The van der Waals surface area contributed by atoms with Crippen LogP contribution in [0.4, 0.5) is 0 Å². The second-order valence-electron chi connectivity index (χ2n) is 10.6. The van der Waals surface area contributed by atoms with Crippen molar-refractivity contribution in [1.82, 2.24) is 0 Å². The Morgan fingerprint density at radius 3 is 2.62 bits per heavy atom. The predicted octanol–water partition coefficient (Wildman–Crippen LogP) is 5.26. The maximum atomic E-state index is 11.3. The first-order chi connectivity index (χ1) is 12.4. The Balaban J connectivity index is 1.54. The molecule has 0 radical (unpaired) electrons. The third-order valence-corrected chi connectivity index (χ3v) is 9.82. The summed E-state index contributed by atoms with van der Waals surface area (Å²) in [6.07, 6.45) is 13.6. The Morgan fingerprint density at radius 2 is 1.85 bits per heavy atom. The molecule has 6 unspecified atom stereocenters. The van der Waals surface area contributed by atoms with E-state index in [1.54, 1.807) is 0 Å². The van der Waals surface area contributed by atoms with E-state index in [0.717, 1.165) is 31.1 Å². The minimum atomic E-state index is -0.683. The molecule has 0 amide bonds. The molecular formula is C23H38O3. The van der Waals surface area contributed by atoms with E-state index >= 15 is 0 Å². The molecular weight excluding hydrogens is 324 g/mol. The van der Waals surface area contributed by atoms with Crippen molar-refractivity contribution in [2.24, 2.45) is 40.4 Å². The van der Waals surface area contributed by atoms with Crippen LogP contribution in [0.2, 0.25) is 0 Å². The zero-order valence-corrected chi connectivity index (χ0v) is 16.8. The Morgan fingerprint density at radius 1 is 1.04 bits per heavy atom. The molecule has 4 fully saturated rings. The highest BCUT2D eigenvalue weighted by Gasteiger charge is 2.62. The lowest BCUT2D eigenvalue weighted by Crippen LogP contribution is -2.57. The van der Waals surface area contributed by atoms with Gasteiger partial charge in [0, 0.05) is 6.42 Å². The maximum Gasteiger partial charge on any atom is 0.303 e. The normalized spacial score (nSPS) is 50.6. The molecule has 8 atom stereocenters. The second-order valence-corrected chi connectivity index (χ2v) is 10.6. The molecule has 4 rings (SSSR count). The van der Waals surface area contributed by atoms with Crippen LogP contribution >= 0.6 is 0 Å². The van der Waals surface area contributed by atoms with Gasteiger partial charge in [-0.05, 0) is 98.2 Å². The van der Waals surface area contributed by atoms with Crippen molar-refractivity contribution in [3.63, 3.8) is 0 Å². The summed E-state index contributed by atoms with van der Waals surface area (Å²) in [5.74, 6) is 2.89. The summed E-state index contributed by atoms with van der Waals surface area (Å²) in [4.78, 5) is 10.9. The quantitative estimate of drug-likeness (QED) is 0.717. The molecule has 2 N–H and O–H groups in total. The average Bonchev–Trinajstić information content (AvgIpc) is 2.93. The smallest absolute Gasteiger partial charge is 0.303 e. The van der Waals surface area contributed by atoms with E-state index in [2.05, 4.69) is 13.8 Å². The fourth-order valence-corrected chi connectivity index (χ4v) is 8.35. The number of carbonyl (C=O) groups is 1. The molecule has 0 saturated heterocycles. The van der Waals surface area contributed by atoms with Crippen molar-refractivity contribution >= 4 is 5.97 Å². The van der Waals surface area contributed by atoms with Crippen molar-refractivity contribution in [3.05, 3.63) is 0 Å². The SMILES string of the molecule is CC12CCCCC1CCC1C2C[C@H](O)C2(C)C(CCCC(=O)O)CC[C@@H]12. The molecule has 3 heteroatoms. The summed E-state index contributed by atoms with van der Waals surface area (Å²) in [6.45, 7) is 4.91. The molecule has 4 aliphatic rings. The van der Waals surface area contributed by atoms with E-state index in [0.29, 0.717) is 23.2 Å². The van der Waals surface area contributed by atoms with E-state index in [1.165, 1.54) is 51.4 Å². The predicted molar refractivity (Wildman–Crippen MR) is 103 cm³/mol. The molecule has 0 aromatic carbocycles. The lowest BCUT2D eigenvalue weighted by atomic mass is 9.44. The Labute approximate surface area is 158 Å². The molecule has 0 aliphatic heterocycles. The fourth-order valence-electron chi connectivity index (χ4n) is 8.35. The number of aliphatic hydroxyl groups excluding tert-OH is 1. The van der Waals surface area contributed by atoms with Gasteiger partial charge in [-0.25, -0.2) is 0 Å². The van der Waals surface area contributed by atoms with E-state index in [1.807, 2.05) is 0 Å². The summed E-state index contributed by atoms with van der Waals surface area (Å²) in [6, 6.07) is 0. The number of fused-ring (bicyclic) bond motifs is 5. The van der Waals surface area contributed by atoms with Crippen molar-refractivity contribution in [2.45, 2.75) is 97.0 Å². The second kappa shape index (κ2) is 6.79.